The van der Waals surface area contributed by atoms with Crippen molar-refractivity contribution < 1.29 is 0 Å². The summed E-state index contributed by atoms with van der Waals surface area (Å²) in [5.41, 5.74) is 8.18. The summed E-state index contributed by atoms with van der Waals surface area (Å²) in [5, 5.41) is 3.55. The Bertz CT molecular complexity index is 1000. The number of thioether (sulfide) groups is 1. The minimum Gasteiger partial charge on any atom is -0.369 e. The maximum absolute atomic E-state index is 11.9. The summed E-state index contributed by atoms with van der Waals surface area (Å²) in [7, 11) is 0. The van der Waals surface area contributed by atoms with Crippen LogP contribution in [0.2, 0.25) is 5.02 Å². The molecule has 27 heavy (non-hydrogen) atoms. The number of nitrogens with zero attached hydrogens (tertiary/aromatic N) is 2. The maximum Gasteiger partial charge on any atom is 0.252 e. The molecular weight excluding hydrogens is 382 g/mol. The molecule has 0 amide bonds. The van der Waals surface area contributed by atoms with Gasteiger partial charge in [-0.2, -0.15) is 4.99 Å². The maximum atomic E-state index is 11.9. The fourth-order valence-electron chi connectivity index (χ4n) is 2.24. The molecule has 3 rings (SSSR count). The average molecular weight is 400 g/mol. The van der Waals surface area contributed by atoms with Crippen molar-refractivity contribution in [2.75, 3.05) is 5.32 Å². The lowest BCUT2D eigenvalue weighted by molar-refractivity contribution is 1.04. The molecule has 0 aliphatic heterocycles. The van der Waals surface area contributed by atoms with E-state index in [4.69, 9.17) is 17.3 Å². The molecular formula is C19H18ClN5OS. The summed E-state index contributed by atoms with van der Waals surface area (Å²) in [5.74, 6) is 0.824. The Balaban J connectivity index is 1.71. The Kier molecular flexibility index (Phi) is 6.16. The number of benzene rings is 2. The molecule has 8 heteroatoms. The van der Waals surface area contributed by atoms with Crippen LogP contribution in [0.4, 0.5) is 11.6 Å². The number of guanidine groups is 1. The summed E-state index contributed by atoms with van der Waals surface area (Å²) in [6.07, 6.45) is 0. The Labute approximate surface area is 165 Å². The molecule has 0 radical (unpaired) electrons. The average Bonchev–Trinajstić information content (AvgIpc) is 2.63. The first-order valence-electron chi connectivity index (χ1n) is 8.14. The second-order valence-electron chi connectivity index (χ2n) is 5.79. The Morgan fingerprint density at radius 2 is 1.93 bits per heavy atom. The van der Waals surface area contributed by atoms with Crippen molar-refractivity contribution in [2.24, 2.45) is 10.7 Å². The van der Waals surface area contributed by atoms with Gasteiger partial charge in [0, 0.05) is 27.4 Å². The van der Waals surface area contributed by atoms with Gasteiger partial charge in [0.25, 0.3) is 5.56 Å². The second-order valence-corrected chi connectivity index (χ2v) is 7.28. The van der Waals surface area contributed by atoms with Gasteiger partial charge in [0.05, 0.1) is 5.69 Å². The molecule has 0 unspecified atom stereocenters. The van der Waals surface area contributed by atoms with Gasteiger partial charge in [-0.3, -0.25) is 9.78 Å². The van der Waals surface area contributed by atoms with Crippen molar-refractivity contribution in [3.8, 4) is 0 Å². The van der Waals surface area contributed by atoms with Crippen LogP contribution in [-0.2, 0) is 5.75 Å². The number of nitrogens with two attached hydrogens (primary N) is 1. The Morgan fingerprint density at radius 1 is 1.22 bits per heavy atom. The summed E-state index contributed by atoms with van der Waals surface area (Å²) in [4.78, 5) is 24.1. The van der Waals surface area contributed by atoms with Crippen LogP contribution in [0.25, 0.3) is 0 Å². The molecule has 6 nitrogen and oxygen atoms in total. The number of hydrogen-bond acceptors (Lipinski definition) is 4. The molecule has 0 fully saturated rings. The van der Waals surface area contributed by atoms with Crippen molar-refractivity contribution in [3.63, 3.8) is 0 Å². The Morgan fingerprint density at radius 3 is 2.63 bits per heavy atom. The highest BCUT2D eigenvalue weighted by Gasteiger charge is 2.04. The molecule has 0 bridgehead atoms. The van der Waals surface area contributed by atoms with E-state index in [2.05, 4.69) is 20.3 Å². The van der Waals surface area contributed by atoms with Crippen molar-refractivity contribution in [1.82, 2.24) is 9.97 Å². The minimum atomic E-state index is -0.275. The number of aromatic amines is 1. The van der Waals surface area contributed by atoms with E-state index in [1.807, 2.05) is 31.2 Å². The van der Waals surface area contributed by atoms with E-state index in [-0.39, 0.29) is 17.5 Å². The molecule has 0 spiro atoms. The number of aromatic nitrogens is 2. The van der Waals surface area contributed by atoms with Gasteiger partial charge < -0.3 is 11.1 Å². The molecule has 0 aliphatic carbocycles. The normalized spacial score (nSPS) is 11.4. The number of halogens is 1. The zero-order chi connectivity index (χ0) is 19.2. The summed E-state index contributed by atoms with van der Waals surface area (Å²) in [6, 6.07) is 16.7. The predicted octanol–water partition coefficient (Wildman–Crippen LogP) is 4.08. The standard InChI is InChI=1S/C19H18ClN5OS/c1-12-2-8-16(9-3-12)27-11-15-10-17(26)24-19(23-15)25-18(21)22-14-6-4-13(20)5-7-14/h2-10H,11H2,1H3,(H4,21,22,23,24,25,26). The van der Waals surface area contributed by atoms with Crippen LogP contribution in [0.15, 0.2) is 69.3 Å². The van der Waals surface area contributed by atoms with Gasteiger partial charge in [0.15, 0.2) is 0 Å². The Hall–Kier alpha value is -2.77. The lowest BCUT2D eigenvalue weighted by atomic mass is 10.2. The molecule has 138 valence electrons. The first-order chi connectivity index (χ1) is 13.0. The van der Waals surface area contributed by atoms with Crippen LogP contribution in [0.1, 0.15) is 11.3 Å². The predicted molar refractivity (Wildman–Crippen MR) is 112 cm³/mol. The van der Waals surface area contributed by atoms with Gasteiger partial charge in [-0.05, 0) is 43.3 Å². The molecule has 2 aromatic carbocycles. The van der Waals surface area contributed by atoms with Gasteiger partial charge in [-0.1, -0.05) is 29.3 Å². The molecule has 0 atom stereocenters. The highest BCUT2D eigenvalue weighted by atomic mass is 35.5. The van der Waals surface area contributed by atoms with Gasteiger partial charge in [-0.15, -0.1) is 11.8 Å². The number of aryl methyl sites for hydroxylation is 1. The third-order valence-corrected chi connectivity index (χ3v) is 4.83. The zero-order valence-electron chi connectivity index (χ0n) is 14.6. The summed E-state index contributed by atoms with van der Waals surface area (Å²) in [6.45, 7) is 2.04. The zero-order valence-corrected chi connectivity index (χ0v) is 16.1. The summed E-state index contributed by atoms with van der Waals surface area (Å²) < 4.78 is 0. The SMILES string of the molecule is Cc1ccc(SCc2cc(=O)[nH]c(N=C(N)Nc3ccc(Cl)cc3)n2)cc1. The highest BCUT2D eigenvalue weighted by molar-refractivity contribution is 7.98. The van der Waals surface area contributed by atoms with Crippen molar-refractivity contribution in [1.29, 1.82) is 0 Å². The highest BCUT2D eigenvalue weighted by Crippen LogP contribution is 2.22. The number of aliphatic imine (C=N–C) groups is 1. The van der Waals surface area contributed by atoms with Crippen LogP contribution in [-0.4, -0.2) is 15.9 Å². The molecule has 0 aliphatic rings. The first kappa shape index (κ1) is 19.0. The van der Waals surface area contributed by atoms with Crippen LogP contribution in [0, 0.1) is 6.92 Å². The van der Waals surface area contributed by atoms with E-state index >= 15 is 0 Å². The molecule has 1 aromatic heterocycles. The fraction of sp³-hybridized carbons (Fsp3) is 0.105. The van der Waals surface area contributed by atoms with E-state index in [1.54, 1.807) is 36.0 Å². The monoisotopic (exact) mass is 399 g/mol. The molecule has 0 saturated heterocycles. The minimum absolute atomic E-state index is 0.115. The smallest absolute Gasteiger partial charge is 0.252 e. The number of nitrogens with one attached hydrogen (secondary N) is 2. The van der Waals surface area contributed by atoms with Gasteiger partial charge in [0.1, 0.15) is 0 Å². The summed E-state index contributed by atoms with van der Waals surface area (Å²) >= 11 is 7.45. The molecule has 0 saturated carbocycles. The second kappa shape index (κ2) is 8.75. The molecule has 1 heterocycles. The number of rotatable bonds is 5. The van der Waals surface area contributed by atoms with E-state index in [9.17, 15) is 4.79 Å². The van der Waals surface area contributed by atoms with Crippen molar-refractivity contribution in [3.05, 3.63) is 81.2 Å². The van der Waals surface area contributed by atoms with Gasteiger partial charge in [-0.25, -0.2) is 4.98 Å². The number of hydrogen-bond donors (Lipinski definition) is 3. The van der Waals surface area contributed by atoms with Crippen LogP contribution in [0.5, 0.6) is 0 Å². The van der Waals surface area contributed by atoms with Crippen LogP contribution in [0.3, 0.4) is 0 Å². The van der Waals surface area contributed by atoms with E-state index < -0.39 is 0 Å². The number of anilines is 1. The quantitative estimate of drug-likeness (QED) is 0.341. The van der Waals surface area contributed by atoms with Crippen LogP contribution < -0.4 is 16.6 Å². The van der Waals surface area contributed by atoms with Crippen LogP contribution >= 0.6 is 23.4 Å². The first-order valence-corrected chi connectivity index (χ1v) is 9.51. The topological polar surface area (TPSA) is 96.2 Å². The third kappa shape index (κ3) is 5.87. The van der Waals surface area contributed by atoms with E-state index in [0.717, 1.165) is 10.6 Å². The van der Waals surface area contributed by atoms with E-state index in [1.165, 1.54) is 11.6 Å². The lowest BCUT2D eigenvalue weighted by Crippen LogP contribution is -2.22. The van der Waals surface area contributed by atoms with Gasteiger partial charge in [0.2, 0.25) is 11.9 Å². The molecule has 3 aromatic rings. The van der Waals surface area contributed by atoms with Crippen molar-refractivity contribution in [2.45, 2.75) is 17.6 Å². The third-order valence-electron chi connectivity index (χ3n) is 3.53. The molecule has 4 N–H and O–H groups in total. The number of H-pyrrole nitrogens is 1. The largest absolute Gasteiger partial charge is 0.369 e. The fourth-order valence-corrected chi connectivity index (χ4v) is 3.15. The van der Waals surface area contributed by atoms with E-state index in [0.29, 0.717) is 16.5 Å². The lowest BCUT2D eigenvalue weighted by Gasteiger charge is -2.06. The van der Waals surface area contributed by atoms with Crippen molar-refractivity contribution >= 4 is 41.0 Å². The van der Waals surface area contributed by atoms with Gasteiger partial charge >= 0.3 is 0 Å².